The average molecular weight is 387 g/mol. The molecular weight excluding hydrogens is 364 g/mol. The molecule has 0 atom stereocenters. The highest BCUT2D eigenvalue weighted by molar-refractivity contribution is 6.40. The van der Waals surface area contributed by atoms with Crippen LogP contribution in [0.4, 0.5) is 14.5 Å². The first-order chi connectivity index (χ1) is 13.4. The van der Waals surface area contributed by atoms with E-state index in [1.165, 1.54) is 25.5 Å². The minimum Gasteiger partial charge on any atom is -0.359 e. The highest BCUT2D eigenvalue weighted by atomic mass is 19.2. The van der Waals surface area contributed by atoms with E-state index in [-0.39, 0.29) is 11.1 Å². The summed E-state index contributed by atoms with van der Waals surface area (Å²) in [5.74, 6) is -1.13. The summed E-state index contributed by atoms with van der Waals surface area (Å²) in [5.41, 5.74) is 0.749. The third-order valence-electron chi connectivity index (χ3n) is 6.97. The maximum atomic E-state index is 13.5. The minimum atomic E-state index is -1.01. The maximum absolute atomic E-state index is 13.5. The van der Waals surface area contributed by atoms with E-state index in [2.05, 4.69) is 15.6 Å². The van der Waals surface area contributed by atoms with Crippen molar-refractivity contribution < 1.29 is 18.4 Å². The van der Waals surface area contributed by atoms with Crippen LogP contribution in [-0.4, -0.2) is 23.3 Å². The fourth-order valence-electron chi connectivity index (χ4n) is 6.25. The lowest BCUT2D eigenvalue weighted by Crippen LogP contribution is -2.52. The second-order valence-electron chi connectivity index (χ2n) is 9.07. The number of carbonyl (C=O) groups excluding carboxylic acids is 2. The number of hydrogen-bond acceptors (Lipinski definition) is 2. The molecule has 148 valence electrons. The van der Waals surface area contributed by atoms with Crippen molar-refractivity contribution in [1.82, 2.24) is 10.3 Å². The normalized spacial score (nSPS) is 30.6. The van der Waals surface area contributed by atoms with Gasteiger partial charge in [0.05, 0.1) is 11.2 Å². The van der Waals surface area contributed by atoms with Crippen molar-refractivity contribution in [3.05, 3.63) is 30.0 Å². The van der Waals surface area contributed by atoms with Gasteiger partial charge < -0.3 is 15.6 Å². The number of aromatic nitrogens is 1. The average Bonchev–Trinajstić information content (AvgIpc) is 3.00. The van der Waals surface area contributed by atoms with Gasteiger partial charge in [-0.25, -0.2) is 8.78 Å². The van der Waals surface area contributed by atoms with E-state index >= 15 is 0 Å². The van der Waals surface area contributed by atoms with Crippen LogP contribution in [0.3, 0.4) is 0 Å². The molecule has 5 nitrogen and oxygen atoms in total. The summed E-state index contributed by atoms with van der Waals surface area (Å²) in [7, 11) is 0. The lowest BCUT2D eigenvalue weighted by atomic mass is 9.49. The van der Waals surface area contributed by atoms with Gasteiger partial charge in [-0.3, -0.25) is 9.59 Å². The van der Waals surface area contributed by atoms with Crippen LogP contribution in [0.2, 0.25) is 0 Å². The first kappa shape index (κ1) is 17.6. The number of nitrogens with one attached hydrogen (secondary N) is 3. The molecule has 1 heterocycles. The molecule has 4 bridgehead atoms. The topological polar surface area (TPSA) is 74.0 Å². The van der Waals surface area contributed by atoms with Crippen LogP contribution in [0.5, 0.6) is 0 Å². The highest BCUT2D eigenvalue weighted by Crippen LogP contribution is 2.59. The van der Waals surface area contributed by atoms with Crippen LogP contribution in [0.1, 0.15) is 38.5 Å². The lowest BCUT2D eigenvalue weighted by Gasteiger charge is -2.56. The van der Waals surface area contributed by atoms with E-state index in [4.69, 9.17) is 0 Å². The standard InChI is InChI=1S/C21H23F2N3O2/c22-15-4-14-17(5-16(15)23)24-9-18(14)26-20(28)19(27)25-10-21-6-11-1-12(7-21)3-13(2-11)8-21/h4-5,9,11-13,24H,1-3,6-8,10H2,(H,25,27)(H,26,28). The molecule has 1 aromatic carbocycles. The molecule has 0 spiro atoms. The third-order valence-corrected chi connectivity index (χ3v) is 6.97. The van der Waals surface area contributed by atoms with Crippen LogP contribution < -0.4 is 10.6 Å². The number of aromatic amines is 1. The Hall–Kier alpha value is -2.44. The zero-order valence-corrected chi connectivity index (χ0v) is 15.5. The van der Waals surface area contributed by atoms with E-state index < -0.39 is 23.4 Å². The van der Waals surface area contributed by atoms with Gasteiger partial charge in [0.15, 0.2) is 11.6 Å². The maximum Gasteiger partial charge on any atom is 0.313 e. The van der Waals surface area contributed by atoms with E-state index in [1.54, 1.807) is 0 Å². The van der Waals surface area contributed by atoms with Gasteiger partial charge in [0.2, 0.25) is 0 Å². The van der Waals surface area contributed by atoms with E-state index in [0.29, 0.717) is 17.4 Å². The van der Waals surface area contributed by atoms with Crippen molar-refractivity contribution in [1.29, 1.82) is 0 Å². The molecule has 0 aliphatic heterocycles. The molecule has 6 rings (SSSR count). The molecule has 3 N–H and O–H groups in total. The number of benzene rings is 1. The molecule has 4 saturated carbocycles. The van der Waals surface area contributed by atoms with Gasteiger partial charge in [0.25, 0.3) is 0 Å². The SMILES string of the molecule is O=C(NCC12CC3CC(CC(C3)C1)C2)C(=O)Nc1c[nH]c2cc(F)c(F)cc12. The number of anilines is 1. The molecule has 0 radical (unpaired) electrons. The number of amides is 2. The molecular formula is C21H23F2N3O2. The summed E-state index contributed by atoms with van der Waals surface area (Å²) >= 11 is 0. The van der Waals surface area contributed by atoms with E-state index in [1.807, 2.05) is 0 Å². The largest absolute Gasteiger partial charge is 0.359 e. The zero-order valence-electron chi connectivity index (χ0n) is 15.5. The van der Waals surface area contributed by atoms with Gasteiger partial charge in [-0.1, -0.05) is 0 Å². The van der Waals surface area contributed by atoms with Gasteiger partial charge in [0.1, 0.15) is 0 Å². The summed E-state index contributed by atoms with van der Waals surface area (Å²) in [6.07, 6.45) is 8.84. The van der Waals surface area contributed by atoms with Gasteiger partial charge in [-0.05, 0) is 67.8 Å². The first-order valence-electron chi connectivity index (χ1n) is 9.96. The molecule has 4 fully saturated rings. The predicted octanol–water partition coefficient (Wildman–Crippen LogP) is 3.72. The van der Waals surface area contributed by atoms with Crippen molar-refractivity contribution in [2.24, 2.45) is 23.2 Å². The lowest BCUT2D eigenvalue weighted by molar-refractivity contribution is -0.137. The Balaban J connectivity index is 1.24. The smallest absolute Gasteiger partial charge is 0.313 e. The Morgan fingerprint density at radius 3 is 2.25 bits per heavy atom. The Morgan fingerprint density at radius 2 is 1.61 bits per heavy atom. The Labute approximate surface area is 161 Å². The summed E-state index contributed by atoms with van der Waals surface area (Å²) in [6.45, 7) is 0.538. The van der Waals surface area contributed by atoms with Gasteiger partial charge >= 0.3 is 11.8 Å². The fourth-order valence-corrected chi connectivity index (χ4v) is 6.25. The second kappa shape index (κ2) is 6.29. The van der Waals surface area contributed by atoms with Crippen LogP contribution in [-0.2, 0) is 9.59 Å². The van der Waals surface area contributed by atoms with Crippen LogP contribution >= 0.6 is 0 Å². The van der Waals surface area contributed by atoms with Crippen LogP contribution in [0.25, 0.3) is 10.9 Å². The molecule has 2 aromatic rings. The number of hydrogen-bond donors (Lipinski definition) is 3. The molecule has 4 aliphatic carbocycles. The highest BCUT2D eigenvalue weighted by Gasteiger charge is 2.50. The second-order valence-corrected chi connectivity index (χ2v) is 9.07. The third kappa shape index (κ3) is 2.97. The Morgan fingerprint density at radius 1 is 1.00 bits per heavy atom. The summed E-state index contributed by atoms with van der Waals surface area (Å²) < 4.78 is 26.8. The molecule has 0 unspecified atom stereocenters. The van der Waals surface area contributed by atoms with Gasteiger partial charge in [-0.15, -0.1) is 0 Å². The Kier molecular flexibility index (Phi) is 3.96. The fraction of sp³-hybridized carbons (Fsp3) is 0.524. The first-order valence-corrected chi connectivity index (χ1v) is 9.96. The van der Waals surface area contributed by atoms with Crippen molar-refractivity contribution in [2.45, 2.75) is 38.5 Å². The predicted molar refractivity (Wildman–Crippen MR) is 100 cm³/mol. The monoisotopic (exact) mass is 387 g/mol. The van der Waals surface area contributed by atoms with Crippen LogP contribution in [0, 0.1) is 34.8 Å². The van der Waals surface area contributed by atoms with Crippen molar-refractivity contribution in [3.8, 4) is 0 Å². The van der Waals surface area contributed by atoms with E-state index in [9.17, 15) is 18.4 Å². The number of H-pyrrole nitrogens is 1. The summed E-state index contributed by atoms with van der Waals surface area (Å²) in [5, 5.41) is 5.64. The number of rotatable bonds is 3. The molecule has 4 aliphatic rings. The Bertz CT molecular complexity index is 933. The zero-order chi connectivity index (χ0) is 19.5. The van der Waals surface area contributed by atoms with Crippen molar-refractivity contribution in [2.75, 3.05) is 11.9 Å². The summed E-state index contributed by atoms with van der Waals surface area (Å²) in [4.78, 5) is 27.4. The van der Waals surface area contributed by atoms with Gasteiger partial charge in [-0.2, -0.15) is 0 Å². The molecule has 28 heavy (non-hydrogen) atoms. The van der Waals surface area contributed by atoms with E-state index in [0.717, 1.165) is 49.1 Å². The molecule has 0 saturated heterocycles. The van der Waals surface area contributed by atoms with Gasteiger partial charge in [0, 0.05) is 24.2 Å². The number of fused-ring (bicyclic) bond motifs is 1. The summed E-state index contributed by atoms with van der Waals surface area (Å²) in [6, 6.07) is 2.03. The van der Waals surface area contributed by atoms with Crippen molar-refractivity contribution in [3.63, 3.8) is 0 Å². The minimum absolute atomic E-state index is 0.145. The van der Waals surface area contributed by atoms with Crippen LogP contribution in [0.15, 0.2) is 18.3 Å². The number of carbonyl (C=O) groups is 2. The quantitative estimate of drug-likeness (QED) is 0.703. The van der Waals surface area contributed by atoms with Crippen molar-refractivity contribution >= 4 is 28.4 Å². The molecule has 2 amide bonds. The molecule has 7 heteroatoms. The number of halogens is 2. The molecule has 1 aromatic heterocycles.